The van der Waals surface area contributed by atoms with Gasteiger partial charge in [-0.3, -0.25) is 9.69 Å². The number of ether oxygens (including phenoxy) is 2. The molecule has 0 radical (unpaired) electrons. The topological polar surface area (TPSA) is 69.0 Å². The van der Waals surface area contributed by atoms with E-state index in [-0.39, 0.29) is 5.97 Å². The second-order valence-electron chi connectivity index (χ2n) is 6.83. The lowest BCUT2D eigenvalue weighted by atomic mass is 10.0. The van der Waals surface area contributed by atoms with Crippen molar-refractivity contribution in [2.24, 2.45) is 0 Å². The van der Waals surface area contributed by atoms with Gasteiger partial charge in [0.2, 0.25) is 0 Å². The van der Waals surface area contributed by atoms with E-state index in [0.717, 1.165) is 16.5 Å². The molecule has 6 nitrogen and oxygen atoms in total. The summed E-state index contributed by atoms with van der Waals surface area (Å²) in [6.07, 6.45) is 0.517. The van der Waals surface area contributed by atoms with Gasteiger partial charge in [-0.2, -0.15) is 0 Å². The van der Waals surface area contributed by atoms with Gasteiger partial charge in [-0.1, -0.05) is 30.3 Å². The summed E-state index contributed by atoms with van der Waals surface area (Å²) < 4.78 is 15.8. The van der Waals surface area contributed by atoms with Crippen LogP contribution in [0.4, 0.5) is 0 Å². The SMILES string of the molecule is CCOC(=O)[C@H](Cc1ccccc1)N(C)Cc1cc(=O)oc2cc(OC)ccc12. The van der Waals surface area contributed by atoms with Crippen LogP contribution < -0.4 is 10.4 Å². The number of fused-ring (bicyclic) bond motifs is 1. The van der Waals surface area contributed by atoms with Crippen molar-refractivity contribution in [1.82, 2.24) is 4.90 Å². The molecule has 0 fully saturated rings. The summed E-state index contributed by atoms with van der Waals surface area (Å²) in [6.45, 7) is 2.50. The Morgan fingerprint density at radius 1 is 1.14 bits per heavy atom. The van der Waals surface area contributed by atoms with Gasteiger partial charge in [0.15, 0.2) is 0 Å². The molecule has 0 spiro atoms. The zero-order chi connectivity index (χ0) is 20.8. The monoisotopic (exact) mass is 395 g/mol. The van der Waals surface area contributed by atoms with Crippen LogP contribution in [0.15, 0.2) is 63.8 Å². The molecular formula is C23H25NO5. The fourth-order valence-corrected chi connectivity index (χ4v) is 3.34. The molecule has 2 aromatic carbocycles. The molecular weight excluding hydrogens is 370 g/mol. The molecule has 1 atom stereocenters. The van der Waals surface area contributed by atoms with E-state index in [4.69, 9.17) is 13.9 Å². The molecule has 0 aliphatic rings. The van der Waals surface area contributed by atoms with Gasteiger partial charge < -0.3 is 13.9 Å². The maximum atomic E-state index is 12.6. The highest BCUT2D eigenvalue weighted by atomic mass is 16.5. The van der Waals surface area contributed by atoms with Crippen LogP contribution >= 0.6 is 0 Å². The molecule has 1 aromatic heterocycles. The van der Waals surface area contributed by atoms with E-state index >= 15 is 0 Å². The smallest absolute Gasteiger partial charge is 0.336 e. The second kappa shape index (κ2) is 9.39. The van der Waals surface area contributed by atoms with E-state index in [1.807, 2.05) is 54.4 Å². The minimum Gasteiger partial charge on any atom is -0.497 e. The van der Waals surface area contributed by atoms with Crippen molar-refractivity contribution in [1.29, 1.82) is 0 Å². The molecule has 0 bridgehead atoms. The van der Waals surface area contributed by atoms with Crippen LogP contribution in [-0.2, 0) is 22.5 Å². The Bertz CT molecular complexity index is 1030. The number of rotatable bonds is 8. The van der Waals surface area contributed by atoms with Crippen LogP contribution in [0, 0.1) is 0 Å². The number of nitrogens with zero attached hydrogens (tertiary/aromatic N) is 1. The van der Waals surface area contributed by atoms with Crippen molar-refractivity contribution in [2.45, 2.75) is 25.9 Å². The Kier molecular flexibility index (Phi) is 6.67. The lowest BCUT2D eigenvalue weighted by molar-refractivity contribution is -0.149. The number of carbonyl (C=O) groups is 1. The predicted molar refractivity (Wildman–Crippen MR) is 111 cm³/mol. The molecule has 3 aromatic rings. The average molecular weight is 395 g/mol. The van der Waals surface area contributed by atoms with E-state index in [1.165, 1.54) is 6.07 Å². The van der Waals surface area contributed by atoms with Gasteiger partial charge in [-0.05, 0) is 43.7 Å². The van der Waals surface area contributed by atoms with Crippen molar-refractivity contribution >= 4 is 16.9 Å². The van der Waals surface area contributed by atoms with Gasteiger partial charge in [0.1, 0.15) is 17.4 Å². The summed E-state index contributed by atoms with van der Waals surface area (Å²) in [5.41, 5.74) is 1.84. The maximum Gasteiger partial charge on any atom is 0.336 e. The number of carbonyl (C=O) groups excluding carboxylic acids is 1. The fourth-order valence-electron chi connectivity index (χ4n) is 3.34. The molecule has 0 amide bonds. The molecule has 29 heavy (non-hydrogen) atoms. The van der Waals surface area contributed by atoms with Crippen LogP contribution in [-0.4, -0.2) is 37.7 Å². The number of benzene rings is 2. The highest BCUT2D eigenvalue weighted by molar-refractivity contribution is 5.81. The van der Waals surface area contributed by atoms with Gasteiger partial charge in [-0.25, -0.2) is 4.79 Å². The predicted octanol–water partition coefficient (Wildman–Crippen LogP) is 3.41. The number of likely N-dealkylation sites (N-methyl/N-ethyl adjacent to an activating group) is 1. The van der Waals surface area contributed by atoms with Gasteiger partial charge >= 0.3 is 11.6 Å². The molecule has 0 saturated carbocycles. The Hall–Kier alpha value is -3.12. The number of hydrogen-bond acceptors (Lipinski definition) is 6. The first-order valence-corrected chi connectivity index (χ1v) is 9.53. The molecule has 0 aliphatic carbocycles. The van der Waals surface area contributed by atoms with E-state index in [0.29, 0.717) is 30.9 Å². The number of methoxy groups -OCH3 is 1. The van der Waals surface area contributed by atoms with Crippen molar-refractivity contribution in [3.63, 3.8) is 0 Å². The standard InChI is InChI=1S/C23H25NO5/c1-4-28-23(26)20(12-16-8-6-5-7-9-16)24(2)15-17-13-22(25)29-21-14-18(27-3)10-11-19(17)21/h5-11,13-14,20H,4,12,15H2,1-3H3/t20-/m0/s1. The zero-order valence-corrected chi connectivity index (χ0v) is 16.9. The third-order valence-electron chi connectivity index (χ3n) is 4.82. The van der Waals surface area contributed by atoms with Crippen LogP contribution in [0.5, 0.6) is 5.75 Å². The average Bonchev–Trinajstić information content (AvgIpc) is 2.72. The zero-order valence-electron chi connectivity index (χ0n) is 16.9. The van der Waals surface area contributed by atoms with E-state index in [2.05, 4.69) is 0 Å². The van der Waals surface area contributed by atoms with E-state index in [1.54, 1.807) is 20.1 Å². The van der Waals surface area contributed by atoms with Crippen molar-refractivity contribution in [3.8, 4) is 5.75 Å². The lowest BCUT2D eigenvalue weighted by Crippen LogP contribution is -2.41. The van der Waals surface area contributed by atoms with Crippen LogP contribution in [0.1, 0.15) is 18.1 Å². The van der Waals surface area contributed by atoms with E-state index in [9.17, 15) is 9.59 Å². The summed E-state index contributed by atoms with van der Waals surface area (Å²) in [5.74, 6) is 0.326. The van der Waals surface area contributed by atoms with Crippen LogP contribution in [0.25, 0.3) is 11.0 Å². The van der Waals surface area contributed by atoms with E-state index < -0.39 is 11.7 Å². The Balaban J connectivity index is 1.91. The third-order valence-corrected chi connectivity index (χ3v) is 4.82. The van der Waals surface area contributed by atoms with Crippen LogP contribution in [0.2, 0.25) is 0 Å². The Morgan fingerprint density at radius 3 is 2.59 bits per heavy atom. The Labute approximate surface area is 169 Å². The summed E-state index contributed by atoms with van der Waals surface area (Å²) in [7, 11) is 3.42. The maximum absolute atomic E-state index is 12.6. The first-order valence-electron chi connectivity index (χ1n) is 9.53. The lowest BCUT2D eigenvalue weighted by Gasteiger charge is -2.27. The molecule has 0 unspecified atom stereocenters. The largest absolute Gasteiger partial charge is 0.497 e. The fraction of sp³-hybridized carbons (Fsp3) is 0.304. The quantitative estimate of drug-likeness (QED) is 0.430. The van der Waals surface area contributed by atoms with Gasteiger partial charge in [0.05, 0.1) is 13.7 Å². The summed E-state index contributed by atoms with van der Waals surface area (Å²) in [5, 5.41) is 0.805. The second-order valence-corrected chi connectivity index (χ2v) is 6.83. The van der Waals surface area contributed by atoms with Gasteiger partial charge in [0, 0.05) is 24.1 Å². The first-order chi connectivity index (χ1) is 14.0. The number of esters is 1. The summed E-state index contributed by atoms with van der Waals surface area (Å²) in [4.78, 5) is 26.6. The third kappa shape index (κ3) is 5.03. The van der Waals surface area contributed by atoms with Crippen molar-refractivity contribution in [3.05, 3.63) is 76.1 Å². The molecule has 6 heteroatoms. The van der Waals surface area contributed by atoms with Crippen molar-refractivity contribution < 1.29 is 18.7 Å². The molecule has 0 aliphatic heterocycles. The summed E-state index contributed by atoms with van der Waals surface area (Å²) in [6, 6.07) is 16.2. The van der Waals surface area contributed by atoms with Crippen LogP contribution in [0.3, 0.4) is 0 Å². The summed E-state index contributed by atoms with van der Waals surface area (Å²) >= 11 is 0. The Morgan fingerprint density at radius 2 is 1.90 bits per heavy atom. The molecule has 0 saturated heterocycles. The highest BCUT2D eigenvalue weighted by Gasteiger charge is 2.25. The number of hydrogen-bond donors (Lipinski definition) is 0. The molecule has 3 rings (SSSR count). The minimum absolute atomic E-state index is 0.284. The normalized spacial score (nSPS) is 12.1. The molecule has 152 valence electrons. The minimum atomic E-state index is -0.474. The highest BCUT2D eigenvalue weighted by Crippen LogP contribution is 2.24. The first kappa shape index (κ1) is 20.6. The molecule has 0 N–H and O–H groups in total. The molecule has 1 heterocycles. The van der Waals surface area contributed by atoms with Crippen molar-refractivity contribution in [2.75, 3.05) is 20.8 Å². The van der Waals surface area contributed by atoms with Gasteiger partial charge in [-0.15, -0.1) is 0 Å². The van der Waals surface area contributed by atoms with Gasteiger partial charge in [0.25, 0.3) is 0 Å².